The standard InChI is InChI=1S/C19H27N3O2/c1-4-5-10-20-19(24)17(22-18(23)13(2)3)11-14-12-21-16-9-7-6-8-15(14)16/h6-9,12-13,17,21H,4-5,10-11H2,1-3H3,(H,20,24)(H,22,23). The number of carbonyl (C=O) groups excluding carboxylic acids is 2. The lowest BCUT2D eigenvalue weighted by atomic mass is 10.0. The van der Waals surface area contributed by atoms with E-state index in [1.54, 1.807) is 0 Å². The number of nitrogens with one attached hydrogen (secondary N) is 3. The van der Waals surface area contributed by atoms with Gasteiger partial charge in [-0.25, -0.2) is 0 Å². The number of hydrogen-bond acceptors (Lipinski definition) is 2. The molecule has 1 aromatic carbocycles. The molecule has 1 unspecified atom stereocenters. The second-order valence-corrected chi connectivity index (χ2v) is 6.42. The topological polar surface area (TPSA) is 74.0 Å². The second kappa shape index (κ2) is 8.52. The lowest BCUT2D eigenvalue weighted by molar-refractivity contribution is -0.130. The summed E-state index contributed by atoms with van der Waals surface area (Å²) in [6, 6.07) is 7.41. The van der Waals surface area contributed by atoms with Crippen molar-refractivity contribution in [2.75, 3.05) is 6.54 Å². The summed E-state index contributed by atoms with van der Waals surface area (Å²) in [5.41, 5.74) is 2.07. The van der Waals surface area contributed by atoms with Crippen molar-refractivity contribution < 1.29 is 9.59 Å². The zero-order chi connectivity index (χ0) is 17.5. The quantitative estimate of drug-likeness (QED) is 0.652. The fourth-order valence-corrected chi connectivity index (χ4v) is 2.58. The van der Waals surface area contributed by atoms with Crippen molar-refractivity contribution in [1.82, 2.24) is 15.6 Å². The lowest BCUT2D eigenvalue weighted by Gasteiger charge is -2.19. The van der Waals surface area contributed by atoms with Crippen LogP contribution in [0.25, 0.3) is 10.9 Å². The number of para-hydroxylation sites is 1. The van der Waals surface area contributed by atoms with E-state index in [1.807, 2.05) is 44.3 Å². The first-order chi connectivity index (χ1) is 11.5. The molecule has 3 N–H and O–H groups in total. The molecule has 5 nitrogen and oxygen atoms in total. The molecule has 5 heteroatoms. The fourth-order valence-electron chi connectivity index (χ4n) is 2.58. The van der Waals surface area contributed by atoms with Gasteiger partial charge in [-0.1, -0.05) is 45.4 Å². The Bertz CT molecular complexity index is 691. The summed E-state index contributed by atoms with van der Waals surface area (Å²) in [6.45, 7) is 6.37. The summed E-state index contributed by atoms with van der Waals surface area (Å²) in [5, 5.41) is 6.89. The number of rotatable bonds is 8. The van der Waals surface area contributed by atoms with Gasteiger partial charge in [0.05, 0.1) is 0 Å². The van der Waals surface area contributed by atoms with E-state index in [0.717, 1.165) is 29.3 Å². The largest absolute Gasteiger partial charge is 0.361 e. The van der Waals surface area contributed by atoms with Crippen LogP contribution in [0.4, 0.5) is 0 Å². The molecule has 2 amide bonds. The van der Waals surface area contributed by atoms with Crippen LogP contribution in [0.1, 0.15) is 39.2 Å². The summed E-state index contributed by atoms with van der Waals surface area (Å²) in [4.78, 5) is 27.8. The van der Waals surface area contributed by atoms with Crippen LogP contribution in [-0.2, 0) is 16.0 Å². The SMILES string of the molecule is CCCCNC(=O)C(Cc1c[nH]c2ccccc12)NC(=O)C(C)C. The number of H-pyrrole nitrogens is 1. The molecule has 0 saturated carbocycles. The Labute approximate surface area is 143 Å². The zero-order valence-corrected chi connectivity index (χ0v) is 14.7. The van der Waals surface area contributed by atoms with Crippen LogP contribution < -0.4 is 10.6 Å². The van der Waals surface area contributed by atoms with Gasteiger partial charge in [-0.05, 0) is 18.1 Å². The van der Waals surface area contributed by atoms with Crippen molar-refractivity contribution in [3.63, 3.8) is 0 Å². The van der Waals surface area contributed by atoms with Crippen molar-refractivity contribution in [2.45, 2.75) is 46.1 Å². The third-order valence-electron chi connectivity index (χ3n) is 4.09. The average Bonchev–Trinajstić information content (AvgIpc) is 2.97. The number of fused-ring (bicyclic) bond motifs is 1. The van der Waals surface area contributed by atoms with Crippen molar-refractivity contribution in [3.8, 4) is 0 Å². The smallest absolute Gasteiger partial charge is 0.242 e. The van der Waals surface area contributed by atoms with Crippen molar-refractivity contribution in [2.24, 2.45) is 5.92 Å². The molecule has 0 aliphatic carbocycles. The number of aromatic nitrogens is 1. The Hall–Kier alpha value is -2.30. The molecule has 130 valence electrons. The van der Waals surface area contributed by atoms with Crippen molar-refractivity contribution in [1.29, 1.82) is 0 Å². The van der Waals surface area contributed by atoms with E-state index in [4.69, 9.17) is 0 Å². The van der Waals surface area contributed by atoms with E-state index in [-0.39, 0.29) is 17.7 Å². The number of amides is 2. The molecule has 0 aliphatic rings. The number of benzene rings is 1. The molecule has 1 aromatic heterocycles. The van der Waals surface area contributed by atoms with Gasteiger partial charge in [0, 0.05) is 36.0 Å². The van der Waals surface area contributed by atoms with Crippen LogP contribution in [0.2, 0.25) is 0 Å². The van der Waals surface area contributed by atoms with Gasteiger partial charge in [-0.2, -0.15) is 0 Å². The number of unbranched alkanes of at least 4 members (excludes halogenated alkanes) is 1. The molecule has 2 rings (SSSR count). The maximum Gasteiger partial charge on any atom is 0.242 e. The third-order valence-corrected chi connectivity index (χ3v) is 4.09. The zero-order valence-electron chi connectivity index (χ0n) is 14.7. The van der Waals surface area contributed by atoms with E-state index in [0.29, 0.717) is 13.0 Å². The Morgan fingerprint density at radius 1 is 1.17 bits per heavy atom. The fraction of sp³-hybridized carbons (Fsp3) is 0.474. The molecule has 0 saturated heterocycles. The van der Waals surface area contributed by atoms with Crippen LogP contribution in [0.15, 0.2) is 30.5 Å². The van der Waals surface area contributed by atoms with Crippen molar-refractivity contribution >= 4 is 22.7 Å². The molecule has 1 heterocycles. The molecule has 0 spiro atoms. The van der Waals surface area contributed by atoms with E-state index in [9.17, 15) is 9.59 Å². The molecule has 0 aliphatic heterocycles. The van der Waals surface area contributed by atoms with Gasteiger partial charge < -0.3 is 15.6 Å². The lowest BCUT2D eigenvalue weighted by Crippen LogP contribution is -2.49. The molecular weight excluding hydrogens is 302 g/mol. The molecule has 0 radical (unpaired) electrons. The number of carbonyl (C=O) groups is 2. The average molecular weight is 329 g/mol. The van der Waals surface area contributed by atoms with Gasteiger partial charge in [0.2, 0.25) is 11.8 Å². The Morgan fingerprint density at radius 2 is 1.92 bits per heavy atom. The minimum absolute atomic E-state index is 0.106. The summed E-state index contributed by atoms with van der Waals surface area (Å²) in [7, 11) is 0. The van der Waals surface area contributed by atoms with Gasteiger partial charge in [0.1, 0.15) is 6.04 Å². The van der Waals surface area contributed by atoms with Gasteiger partial charge in [-0.15, -0.1) is 0 Å². The number of hydrogen-bond donors (Lipinski definition) is 3. The van der Waals surface area contributed by atoms with Gasteiger partial charge in [0.25, 0.3) is 0 Å². The Balaban J connectivity index is 2.15. The highest BCUT2D eigenvalue weighted by molar-refractivity contribution is 5.90. The normalized spacial score (nSPS) is 12.3. The van der Waals surface area contributed by atoms with E-state index in [1.165, 1.54) is 0 Å². The van der Waals surface area contributed by atoms with Crippen LogP contribution in [0.5, 0.6) is 0 Å². The second-order valence-electron chi connectivity index (χ2n) is 6.42. The van der Waals surface area contributed by atoms with Crippen LogP contribution in [-0.4, -0.2) is 29.4 Å². The molecule has 0 fully saturated rings. The van der Waals surface area contributed by atoms with Gasteiger partial charge in [0.15, 0.2) is 0 Å². The predicted octanol–water partition coefficient (Wildman–Crippen LogP) is 2.77. The summed E-state index contributed by atoms with van der Waals surface area (Å²) in [5.74, 6) is -0.382. The Morgan fingerprint density at radius 3 is 2.62 bits per heavy atom. The summed E-state index contributed by atoms with van der Waals surface area (Å²) >= 11 is 0. The molecule has 1 atom stereocenters. The molecular formula is C19H27N3O2. The Kier molecular flexibility index (Phi) is 6.41. The maximum absolute atomic E-state index is 12.5. The van der Waals surface area contributed by atoms with E-state index < -0.39 is 6.04 Å². The monoisotopic (exact) mass is 329 g/mol. The highest BCUT2D eigenvalue weighted by Crippen LogP contribution is 2.19. The van der Waals surface area contributed by atoms with E-state index in [2.05, 4.69) is 22.5 Å². The van der Waals surface area contributed by atoms with Gasteiger partial charge >= 0.3 is 0 Å². The maximum atomic E-state index is 12.5. The first kappa shape index (κ1) is 18.0. The summed E-state index contributed by atoms with van der Waals surface area (Å²) < 4.78 is 0. The van der Waals surface area contributed by atoms with Crippen LogP contribution >= 0.6 is 0 Å². The molecule has 2 aromatic rings. The van der Waals surface area contributed by atoms with Crippen LogP contribution in [0.3, 0.4) is 0 Å². The summed E-state index contributed by atoms with van der Waals surface area (Å²) in [6.07, 6.45) is 4.34. The minimum Gasteiger partial charge on any atom is -0.361 e. The minimum atomic E-state index is -0.559. The first-order valence-electron chi connectivity index (χ1n) is 8.66. The van der Waals surface area contributed by atoms with Crippen molar-refractivity contribution in [3.05, 3.63) is 36.0 Å². The highest BCUT2D eigenvalue weighted by atomic mass is 16.2. The molecule has 0 bridgehead atoms. The van der Waals surface area contributed by atoms with E-state index >= 15 is 0 Å². The predicted molar refractivity (Wildman–Crippen MR) is 96.7 cm³/mol. The molecule has 24 heavy (non-hydrogen) atoms. The first-order valence-corrected chi connectivity index (χ1v) is 8.66. The highest BCUT2D eigenvalue weighted by Gasteiger charge is 2.23. The third kappa shape index (κ3) is 4.60. The van der Waals surface area contributed by atoms with Gasteiger partial charge in [-0.3, -0.25) is 9.59 Å². The van der Waals surface area contributed by atoms with Crippen LogP contribution in [0, 0.1) is 5.92 Å². The number of aromatic amines is 1.